The number of fused-ring (bicyclic) bond motifs is 1. The van der Waals surface area contributed by atoms with Gasteiger partial charge in [0.15, 0.2) is 5.75 Å². The molecular formula is C10H7BrCl2N2O2. The summed E-state index contributed by atoms with van der Waals surface area (Å²) in [5.41, 5.74) is 0.533. The first-order valence-corrected chi connectivity index (χ1v) is 6.06. The Balaban J connectivity index is 2.92. The van der Waals surface area contributed by atoms with Crippen LogP contribution in [0.15, 0.2) is 10.5 Å². The van der Waals surface area contributed by atoms with Gasteiger partial charge in [0.1, 0.15) is 20.9 Å². The average Bonchev–Trinajstić information content (AvgIpc) is 2.28. The molecule has 0 aliphatic carbocycles. The van der Waals surface area contributed by atoms with Crippen molar-refractivity contribution < 1.29 is 9.47 Å². The van der Waals surface area contributed by atoms with E-state index in [4.69, 9.17) is 32.7 Å². The molecule has 0 saturated carbocycles. The van der Waals surface area contributed by atoms with Crippen molar-refractivity contribution in [3.8, 4) is 11.5 Å². The molecule has 4 nitrogen and oxygen atoms in total. The molecule has 1 aromatic carbocycles. The summed E-state index contributed by atoms with van der Waals surface area (Å²) in [5, 5.41) is 0.940. The number of benzene rings is 1. The topological polar surface area (TPSA) is 44.2 Å². The second kappa shape index (κ2) is 4.84. The molecule has 2 aromatic rings. The zero-order chi connectivity index (χ0) is 12.6. The fourth-order valence-electron chi connectivity index (χ4n) is 1.46. The second-order valence-corrected chi connectivity index (χ2v) is 4.59. The number of hydrogen-bond acceptors (Lipinski definition) is 4. The van der Waals surface area contributed by atoms with Gasteiger partial charge >= 0.3 is 0 Å². The molecule has 17 heavy (non-hydrogen) atoms. The largest absolute Gasteiger partial charge is 0.495 e. The quantitative estimate of drug-likeness (QED) is 0.619. The molecule has 1 aromatic heterocycles. The van der Waals surface area contributed by atoms with E-state index in [2.05, 4.69) is 25.9 Å². The molecule has 0 fully saturated rings. The van der Waals surface area contributed by atoms with E-state index in [1.165, 1.54) is 7.11 Å². The first-order chi connectivity index (χ1) is 8.08. The van der Waals surface area contributed by atoms with Crippen molar-refractivity contribution in [2.75, 3.05) is 14.2 Å². The van der Waals surface area contributed by atoms with Crippen LogP contribution in [-0.2, 0) is 0 Å². The number of nitrogens with zero attached hydrogens (tertiary/aromatic N) is 2. The van der Waals surface area contributed by atoms with Crippen molar-refractivity contribution in [2.45, 2.75) is 0 Å². The molecule has 1 heterocycles. The predicted molar refractivity (Wildman–Crippen MR) is 70.4 cm³/mol. The fourth-order valence-corrected chi connectivity index (χ4v) is 2.52. The molecule has 0 bridgehead atoms. The molecule has 0 N–H and O–H groups in total. The molecule has 2 rings (SSSR count). The van der Waals surface area contributed by atoms with Crippen molar-refractivity contribution >= 4 is 50.0 Å². The second-order valence-electron chi connectivity index (χ2n) is 3.11. The molecule has 0 unspecified atom stereocenters. The summed E-state index contributed by atoms with van der Waals surface area (Å²) in [4.78, 5) is 7.98. The van der Waals surface area contributed by atoms with Crippen molar-refractivity contribution in [1.29, 1.82) is 0 Å². The minimum Gasteiger partial charge on any atom is -0.495 e. The number of rotatable bonds is 2. The number of hydrogen-bond donors (Lipinski definition) is 0. The average molecular weight is 338 g/mol. The number of halogens is 3. The van der Waals surface area contributed by atoms with E-state index in [-0.39, 0.29) is 10.4 Å². The van der Waals surface area contributed by atoms with Crippen LogP contribution >= 0.6 is 39.1 Å². The van der Waals surface area contributed by atoms with Gasteiger partial charge in [0, 0.05) is 5.39 Å². The first-order valence-electron chi connectivity index (χ1n) is 4.51. The summed E-state index contributed by atoms with van der Waals surface area (Å²) >= 11 is 15.2. The molecule has 0 spiro atoms. The highest BCUT2D eigenvalue weighted by atomic mass is 79.9. The molecule has 0 amide bonds. The van der Waals surface area contributed by atoms with E-state index in [1.54, 1.807) is 13.2 Å². The Morgan fingerprint density at radius 3 is 2.47 bits per heavy atom. The maximum Gasteiger partial charge on any atom is 0.224 e. The Kier molecular flexibility index (Phi) is 3.61. The summed E-state index contributed by atoms with van der Waals surface area (Å²) in [6.07, 6.45) is 0. The van der Waals surface area contributed by atoms with E-state index >= 15 is 0 Å². The Morgan fingerprint density at radius 1 is 1.18 bits per heavy atom. The van der Waals surface area contributed by atoms with E-state index in [0.717, 1.165) is 0 Å². The predicted octanol–water partition coefficient (Wildman–Crippen LogP) is 3.72. The van der Waals surface area contributed by atoms with Gasteiger partial charge in [-0.05, 0) is 33.6 Å². The van der Waals surface area contributed by atoms with Crippen LogP contribution in [0.1, 0.15) is 0 Å². The summed E-state index contributed by atoms with van der Waals surface area (Å²) in [7, 11) is 3.08. The SMILES string of the molecule is COc1cc2c(Cl)nc(Cl)nc2c(OC)c1Br. The van der Waals surface area contributed by atoms with Gasteiger partial charge in [0.25, 0.3) is 0 Å². The Morgan fingerprint density at radius 2 is 1.88 bits per heavy atom. The zero-order valence-corrected chi connectivity index (χ0v) is 12.0. The lowest BCUT2D eigenvalue weighted by Gasteiger charge is -2.11. The molecular weight excluding hydrogens is 331 g/mol. The van der Waals surface area contributed by atoms with Crippen LogP contribution in [-0.4, -0.2) is 24.2 Å². The third kappa shape index (κ3) is 2.14. The van der Waals surface area contributed by atoms with E-state index in [9.17, 15) is 0 Å². The lowest BCUT2D eigenvalue weighted by molar-refractivity contribution is 0.392. The lowest BCUT2D eigenvalue weighted by atomic mass is 10.2. The zero-order valence-electron chi connectivity index (χ0n) is 8.92. The summed E-state index contributed by atoms with van der Waals surface area (Å²) in [6, 6.07) is 1.72. The van der Waals surface area contributed by atoms with Crippen LogP contribution < -0.4 is 9.47 Å². The molecule has 7 heteroatoms. The number of ether oxygens (including phenoxy) is 2. The van der Waals surface area contributed by atoms with Gasteiger partial charge < -0.3 is 9.47 Å². The monoisotopic (exact) mass is 336 g/mol. The lowest BCUT2D eigenvalue weighted by Crippen LogP contribution is -1.95. The van der Waals surface area contributed by atoms with Crippen LogP contribution in [0.5, 0.6) is 11.5 Å². The molecule has 90 valence electrons. The number of methoxy groups -OCH3 is 2. The number of aromatic nitrogens is 2. The van der Waals surface area contributed by atoms with Crippen molar-refractivity contribution in [3.05, 3.63) is 21.0 Å². The van der Waals surface area contributed by atoms with Crippen molar-refractivity contribution in [2.24, 2.45) is 0 Å². The van der Waals surface area contributed by atoms with Crippen molar-refractivity contribution in [3.63, 3.8) is 0 Å². The third-order valence-electron chi connectivity index (χ3n) is 2.20. The Labute approximate surface area is 116 Å². The minimum absolute atomic E-state index is 0.0675. The van der Waals surface area contributed by atoms with E-state index < -0.39 is 0 Å². The Hall–Kier alpha value is -0.780. The normalized spacial score (nSPS) is 10.6. The van der Waals surface area contributed by atoms with Crippen LogP contribution in [0.4, 0.5) is 0 Å². The molecule has 0 atom stereocenters. The standard InChI is InChI=1S/C10H7BrCl2N2O2/c1-16-5-3-4-7(8(17-2)6(5)11)14-10(13)15-9(4)12/h3H,1-2H3. The molecule has 0 aliphatic heterocycles. The van der Waals surface area contributed by atoms with Crippen molar-refractivity contribution in [1.82, 2.24) is 9.97 Å². The van der Waals surface area contributed by atoms with Gasteiger partial charge in [0.05, 0.1) is 14.2 Å². The summed E-state index contributed by atoms with van der Waals surface area (Å²) < 4.78 is 11.1. The Bertz CT molecular complexity index is 592. The van der Waals surface area contributed by atoms with Crippen LogP contribution in [0.2, 0.25) is 10.4 Å². The summed E-state index contributed by atoms with van der Waals surface area (Å²) in [6.45, 7) is 0. The third-order valence-corrected chi connectivity index (χ3v) is 3.41. The van der Waals surface area contributed by atoms with Gasteiger partial charge in [-0.1, -0.05) is 11.6 Å². The van der Waals surface area contributed by atoms with E-state index in [0.29, 0.717) is 26.9 Å². The van der Waals surface area contributed by atoms with Gasteiger partial charge in [-0.2, -0.15) is 0 Å². The minimum atomic E-state index is 0.0675. The fraction of sp³-hybridized carbons (Fsp3) is 0.200. The highest BCUT2D eigenvalue weighted by Gasteiger charge is 2.17. The smallest absolute Gasteiger partial charge is 0.224 e. The highest BCUT2D eigenvalue weighted by Crippen LogP contribution is 2.41. The van der Waals surface area contributed by atoms with Crippen LogP contribution in [0.25, 0.3) is 10.9 Å². The van der Waals surface area contributed by atoms with Gasteiger partial charge in [0.2, 0.25) is 5.28 Å². The molecule has 0 radical (unpaired) electrons. The van der Waals surface area contributed by atoms with Gasteiger partial charge in [-0.15, -0.1) is 0 Å². The summed E-state index contributed by atoms with van der Waals surface area (Å²) in [5.74, 6) is 1.09. The maximum atomic E-state index is 6.01. The van der Waals surface area contributed by atoms with Gasteiger partial charge in [-0.25, -0.2) is 9.97 Å². The van der Waals surface area contributed by atoms with Crippen LogP contribution in [0.3, 0.4) is 0 Å². The first kappa shape index (κ1) is 12.7. The molecule has 0 aliphatic rings. The van der Waals surface area contributed by atoms with E-state index in [1.807, 2.05) is 0 Å². The highest BCUT2D eigenvalue weighted by molar-refractivity contribution is 9.10. The van der Waals surface area contributed by atoms with Gasteiger partial charge in [-0.3, -0.25) is 0 Å². The maximum absolute atomic E-state index is 6.01. The molecule has 0 saturated heterocycles. The van der Waals surface area contributed by atoms with Crippen LogP contribution in [0, 0.1) is 0 Å².